The Morgan fingerprint density at radius 3 is 2.47 bits per heavy atom. The Hall–Kier alpha value is -1.78. The minimum absolute atomic E-state index is 0.294. The Morgan fingerprint density at radius 2 is 2.07 bits per heavy atom. The third-order valence-corrected chi connectivity index (χ3v) is 1.47. The van der Waals surface area contributed by atoms with Crippen LogP contribution in [0.15, 0.2) is 24.5 Å². The van der Waals surface area contributed by atoms with E-state index in [-0.39, 0.29) is 0 Å². The van der Waals surface area contributed by atoms with E-state index < -0.39 is 24.0 Å². The molecule has 1 N–H and O–H groups in total. The van der Waals surface area contributed by atoms with Crippen LogP contribution in [0, 0.1) is 0 Å². The van der Waals surface area contributed by atoms with Crippen molar-refractivity contribution in [3.05, 3.63) is 24.5 Å². The van der Waals surface area contributed by atoms with Crippen molar-refractivity contribution in [3.63, 3.8) is 0 Å². The number of allylic oxidation sites excluding steroid dienone is 1. The maximum Gasteiger partial charge on any atom is 0.376 e. The molecule has 5 heteroatoms. The van der Waals surface area contributed by atoms with Crippen LogP contribution < -0.4 is 0 Å². The Kier molecular flexibility index (Phi) is 5.85. The summed E-state index contributed by atoms with van der Waals surface area (Å²) >= 11 is 0. The molecular weight excluding hydrogens is 200 g/mol. The molecule has 0 saturated carbocycles. The zero-order valence-corrected chi connectivity index (χ0v) is 8.73. The molecule has 0 aliphatic carbocycles. The van der Waals surface area contributed by atoms with E-state index >= 15 is 0 Å². The molecule has 0 bridgehead atoms. The highest BCUT2D eigenvalue weighted by atomic mass is 16.7. The molecule has 84 valence electrons. The number of carbonyl (C=O) groups is 2. The number of rotatable bonds is 5. The first-order valence-corrected chi connectivity index (χ1v) is 4.44. The zero-order chi connectivity index (χ0) is 11.8. The average molecular weight is 214 g/mol. The standard InChI is InChI=1S/C10H14O5/c1-4-7(11)10(13)15-9(6-3)14-8(12)5-2/h4-5,9,11H,2,6H2,1,3H3. The summed E-state index contributed by atoms with van der Waals surface area (Å²) in [6.45, 7) is 6.35. The summed E-state index contributed by atoms with van der Waals surface area (Å²) in [4.78, 5) is 21.8. The van der Waals surface area contributed by atoms with Crippen LogP contribution in [0.5, 0.6) is 0 Å². The molecule has 0 heterocycles. The van der Waals surface area contributed by atoms with Gasteiger partial charge in [-0.2, -0.15) is 0 Å². The number of aliphatic hydroxyl groups excluding tert-OH is 1. The second-order valence-electron chi connectivity index (χ2n) is 2.56. The van der Waals surface area contributed by atoms with Gasteiger partial charge in [0.2, 0.25) is 6.29 Å². The lowest BCUT2D eigenvalue weighted by atomic mass is 10.4. The lowest BCUT2D eigenvalue weighted by molar-refractivity contribution is -0.183. The van der Waals surface area contributed by atoms with E-state index in [0.29, 0.717) is 6.42 Å². The highest BCUT2D eigenvalue weighted by molar-refractivity contribution is 5.86. The van der Waals surface area contributed by atoms with E-state index in [0.717, 1.165) is 6.08 Å². The van der Waals surface area contributed by atoms with Crippen molar-refractivity contribution in [3.8, 4) is 0 Å². The molecule has 0 rings (SSSR count). The normalized spacial score (nSPS) is 12.8. The molecule has 0 saturated heterocycles. The van der Waals surface area contributed by atoms with Crippen LogP contribution in [0.2, 0.25) is 0 Å². The lowest BCUT2D eigenvalue weighted by Gasteiger charge is -2.15. The minimum Gasteiger partial charge on any atom is -0.502 e. The predicted octanol–water partition coefficient (Wildman–Crippen LogP) is 1.46. The molecule has 0 aromatic carbocycles. The molecule has 1 unspecified atom stereocenters. The molecule has 0 aliphatic heterocycles. The largest absolute Gasteiger partial charge is 0.502 e. The monoisotopic (exact) mass is 214 g/mol. The first-order chi connectivity index (χ1) is 7.04. The smallest absolute Gasteiger partial charge is 0.376 e. The van der Waals surface area contributed by atoms with Crippen LogP contribution in [0.3, 0.4) is 0 Å². The number of ether oxygens (including phenoxy) is 2. The Morgan fingerprint density at radius 1 is 1.47 bits per heavy atom. The summed E-state index contributed by atoms with van der Waals surface area (Å²) in [6.07, 6.45) is 1.43. The Balaban J connectivity index is 4.27. The average Bonchev–Trinajstić information content (AvgIpc) is 2.26. The third kappa shape index (κ3) is 4.85. The first-order valence-electron chi connectivity index (χ1n) is 4.44. The fourth-order valence-corrected chi connectivity index (χ4v) is 0.666. The summed E-state index contributed by atoms with van der Waals surface area (Å²) in [7, 11) is 0. The molecule has 15 heavy (non-hydrogen) atoms. The quantitative estimate of drug-likeness (QED) is 0.324. The van der Waals surface area contributed by atoms with Crippen LogP contribution in [0.25, 0.3) is 0 Å². The van der Waals surface area contributed by atoms with E-state index in [1.807, 2.05) is 0 Å². The molecule has 0 aromatic rings. The molecule has 0 aliphatic rings. The van der Waals surface area contributed by atoms with Crippen LogP contribution >= 0.6 is 0 Å². The zero-order valence-electron chi connectivity index (χ0n) is 8.73. The van der Waals surface area contributed by atoms with Crippen LogP contribution in [0.4, 0.5) is 0 Å². The molecule has 0 amide bonds. The second kappa shape index (κ2) is 6.64. The van der Waals surface area contributed by atoms with Crippen molar-refractivity contribution in [1.29, 1.82) is 0 Å². The van der Waals surface area contributed by atoms with Crippen LogP contribution in [-0.4, -0.2) is 23.3 Å². The van der Waals surface area contributed by atoms with E-state index in [1.54, 1.807) is 6.92 Å². The number of hydrogen-bond acceptors (Lipinski definition) is 5. The van der Waals surface area contributed by atoms with E-state index in [4.69, 9.17) is 5.11 Å². The maximum absolute atomic E-state index is 11.1. The molecule has 0 spiro atoms. The Labute approximate surface area is 88.0 Å². The van der Waals surface area contributed by atoms with Crippen LogP contribution in [0.1, 0.15) is 20.3 Å². The molecular formula is C10H14O5. The lowest BCUT2D eigenvalue weighted by Crippen LogP contribution is -2.24. The summed E-state index contributed by atoms with van der Waals surface area (Å²) in [6, 6.07) is 0. The third-order valence-electron chi connectivity index (χ3n) is 1.47. The number of carbonyl (C=O) groups excluding carboxylic acids is 2. The number of hydrogen-bond donors (Lipinski definition) is 1. The minimum atomic E-state index is -1.01. The topological polar surface area (TPSA) is 72.8 Å². The highest BCUT2D eigenvalue weighted by Gasteiger charge is 2.17. The van der Waals surface area contributed by atoms with Gasteiger partial charge in [0.15, 0.2) is 5.76 Å². The van der Waals surface area contributed by atoms with Gasteiger partial charge in [0.25, 0.3) is 0 Å². The van der Waals surface area contributed by atoms with Crippen molar-refractivity contribution in [2.75, 3.05) is 0 Å². The highest BCUT2D eigenvalue weighted by Crippen LogP contribution is 2.04. The van der Waals surface area contributed by atoms with Gasteiger partial charge in [0.05, 0.1) is 0 Å². The van der Waals surface area contributed by atoms with Gasteiger partial charge in [-0.15, -0.1) is 0 Å². The van der Waals surface area contributed by atoms with E-state index in [2.05, 4.69) is 16.1 Å². The Bertz CT molecular complexity index is 280. The van der Waals surface area contributed by atoms with Gasteiger partial charge >= 0.3 is 11.9 Å². The van der Waals surface area contributed by atoms with Crippen molar-refractivity contribution in [1.82, 2.24) is 0 Å². The molecule has 0 fully saturated rings. The fourth-order valence-electron chi connectivity index (χ4n) is 0.666. The molecule has 1 atom stereocenters. The summed E-state index contributed by atoms with van der Waals surface area (Å²) in [5.41, 5.74) is 0. The second-order valence-corrected chi connectivity index (χ2v) is 2.56. The summed E-state index contributed by atoms with van der Waals surface area (Å²) in [5.74, 6) is -2.14. The summed E-state index contributed by atoms with van der Waals surface area (Å²) < 4.78 is 9.35. The van der Waals surface area contributed by atoms with E-state index in [9.17, 15) is 9.59 Å². The van der Waals surface area contributed by atoms with Gasteiger partial charge < -0.3 is 14.6 Å². The number of aliphatic hydroxyl groups is 1. The summed E-state index contributed by atoms with van der Waals surface area (Å²) in [5, 5.41) is 8.99. The van der Waals surface area contributed by atoms with Crippen molar-refractivity contribution < 1.29 is 24.2 Å². The van der Waals surface area contributed by atoms with Crippen LogP contribution in [-0.2, 0) is 19.1 Å². The fraction of sp³-hybridized carbons (Fsp3) is 0.400. The predicted molar refractivity (Wildman–Crippen MR) is 52.8 cm³/mol. The maximum atomic E-state index is 11.1. The van der Waals surface area contributed by atoms with Gasteiger partial charge in [0.1, 0.15) is 0 Å². The first kappa shape index (κ1) is 13.2. The van der Waals surface area contributed by atoms with Gasteiger partial charge in [-0.05, 0) is 13.0 Å². The van der Waals surface area contributed by atoms with Crippen molar-refractivity contribution in [2.45, 2.75) is 26.6 Å². The van der Waals surface area contributed by atoms with Crippen molar-refractivity contribution in [2.24, 2.45) is 0 Å². The number of esters is 2. The molecule has 0 aromatic heterocycles. The van der Waals surface area contributed by atoms with Gasteiger partial charge in [-0.25, -0.2) is 9.59 Å². The molecule has 0 radical (unpaired) electrons. The van der Waals surface area contributed by atoms with Crippen molar-refractivity contribution >= 4 is 11.9 Å². The molecule has 5 nitrogen and oxygen atoms in total. The SMILES string of the molecule is C=CC(=O)OC(CC)OC(=O)C(O)=CC. The van der Waals surface area contributed by atoms with Gasteiger partial charge in [0, 0.05) is 12.5 Å². The van der Waals surface area contributed by atoms with Gasteiger partial charge in [-0.3, -0.25) is 0 Å². The van der Waals surface area contributed by atoms with E-state index in [1.165, 1.54) is 13.0 Å². The van der Waals surface area contributed by atoms with Gasteiger partial charge in [-0.1, -0.05) is 13.5 Å².